The molecule has 0 radical (unpaired) electrons. The standard InChI is InChI=1S/C16H16Cl2N2O/c1-10(7-11-3-2-4-13(17)8-11)20-16(21)12-5-6-15(19)14(18)9-12/h2-6,8-10H,7,19H2,1H3,(H,20,21). The van der Waals surface area contributed by atoms with Crippen molar-refractivity contribution in [3.63, 3.8) is 0 Å². The number of nitrogens with two attached hydrogens (primary N) is 1. The van der Waals surface area contributed by atoms with Crippen LogP contribution in [0.5, 0.6) is 0 Å². The molecule has 0 aliphatic rings. The zero-order valence-electron chi connectivity index (χ0n) is 11.6. The number of halogens is 2. The normalized spacial score (nSPS) is 12.0. The number of hydrogen-bond acceptors (Lipinski definition) is 2. The fraction of sp³-hybridized carbons (Fsp3) is 0.188. The van der Waals surface area contributed by atoms with Crippen LogP contribution in [0.15, 0.2) is 42.5 Å². The van der Waals surface area contributed by atoms with Crippen molar-refractivity contribution in [3.8, 4) is 0 Å². The average Bonchev–Trinajstić information content (AvgIpc) is 2.41. The summed E-state index contributed by atoms with van der Waals surface area (Å²) < 4.78 is 0. The molecule has 1 amide bonds. The minimum absolute atomic E-state index is 0.0210. The van der Waals surface area contributed by atoms with Gasteiger partial charge in [0.25, 0.3) is 5.91 Å². The van der Waals surface area contributed by atoms with E-state index in [0.717, 1.165) is 5.56 Å². The molecule has 21 heavy (non-hydrogen) atoms. The number of benzene rings is 2. The molecule has 0 spiro atoms. The van der Waals surface area contributed by atoms with Crippen LogP contribution >= 0.6 is 23.2 Å². The number of anilines is 1. The number of nitrogens with one attached hydrogen (secondary N) is 1. The summed E-state index contributed by atoms with van der Waals surface area (Å²) in [7, 11) is 0. The fourth-order valence-corrected chi connectivity index (χ4v) is 2.44. The first-order valence-corrected chi connectivity index (χ1v) is 7.31. The van der Waals surface area contributed by atoms with E-state index < -0.39 is 0 Å². The molecule has 2 rings (SSSR count). The van der Waals surface area contributed by atoms with Crippen LogP contribution in [-0.2, 0) is 6.42 Å². The van der Waals surface area contributed by atoms with Crippen LogP contribution in [-0.4, -0.2) is 11.9 Å². The minimum atomic E-state index is -0.175. The molecule has 0 heterocycles. The first-order valence-electron chi connectivity index (χ1n) is 6.56. The highest BCUT2D eigenvalue weighted by Crippen LogP contribution is 2.19. The van der Waals surface area contributed by atoms with Gasteiger partial charge in [-0.1, -0.05) is 35.3 Å². The van der Waals surface area contributed by atoms with Crippen LogP contribution in [0.4, 0.5) is 5.69 Å². The zero-order valence-corrected chi connectivity index (χ0v) is 13.1. The molecule has 2 aromatic carbocycles. The number of rotatable bonds is 4. The van der Waals surface area contributed by atoms with Crippen molar-refractivity contribution in [3.05, 3.63) is 63.6 Å². The lowest BCUT2D eigenvalue weighted by Crippen LogP contribution is -2.34. The SMILES string of the molecule is CC(Cc1cccc(Cl)c1)NC(=O)c1ccc(N)c(Cl)c1. The number of carbonyl (C=O) groups excluding carboxylic acids is 1. The van der Waals surface area contributed by atoms with Gasteiger partial charge in [0.2, 0.25) is 0 Å². The van der Waals surface area contributed by atoms with Crippen LogP contribution in [0, 0.1) is 0 Å². The van der Waals surface area contributed by atoms with Gasteiger partial charge in [0.05, 0.1) is 10.7 Å². The van der Waals surface area contributed by atoms with Gasteiger partial charge in [-0.15, -0.1) is 0 Å². The highest BCUT2D eigenvalue weighted by Gasteiger charge is 2.11. The summed E-state index contributed by atoms with van der Waals surface area (Å²) in [5, 5.41) is 4.00. The van der Waals surface area contributed by atoms with Crippen molar-refractivity contribution in [2.75, 3.05) is 5.73 Å². The Morgan fingerprint density at radius 2 is 2.00 bits per heavy atom. The minimum Gasteiger partial charge on any atom is -0.398 e. The van der Waals surface area contributed by atoms with Crippen LogP contribution in [0.25, 0.3) is 0 Å². The summed E-state index contributed by atoms with van der Waals surface area (Å²) in [5.41, 5.74) is 7.66. The maximum atomic E-state index is 12.1. The zero-order chi connectivity index (χ0) is 15.4. The highest BCUT2D eigenvalue weighted by molar-refractivity contribution is 6.33. The lowest BCUT2D eigenvalue weighted by Gasteiger charge is -2.14. The largest absolute Gasteiger partial charge is 0.398 e. The van der Waals surface area contributed by atoms with E-state index in [1.807, 2.05) is 31.2 Å². The van der Waals surface area contributed by atoms with Crippen molar-refractivity contribution in [2.24, 2.45) is 0 Å². The quantitative estimate of drug-likeness (QED) is 0.838. The second-order valence-corrected chi connectivity index (χ2v) is 5.79. The van der Waals surface area contributed by atoms with E-state index in [4.69, 9.17) is 28.9 Å². The van der Waals surface area contributed by atoms with E-state index in [9.17, 15) is 4.79 Å². The summed E-state index contributed by atoms with van der Waals surface area (Å²) in [6, 6.07) is 12.4. The van der Waals surface area contributed by atoms with Gasteiger partial charge in [-0.3, -0.25) is 4.79 Å². The second-order valence-electron chi connectivity index (χ2n) is 4.94. The monoisotopic (exact) mass is 322 g/mol. The van der Waals surface area contributed by atoms with Gasteiger partial charge in [-0.2, -0.15) is 0 Å². The molecule has 3 nitrogen and oxygen atoms in total. The first kappa shape index (κ1) is 15.7. The molecule has 0 aliphatic heterocycles. The molecule has 1 unspecified atom stereocenters. The van der Waals surface area contributed by atoms with Crippen molar-refractivity contribution < 1.29 is 4.79 Å². The molecule has 0 bridgehead atoms. The Balaban J connectivity index is 2.00. The van der Waals surface area contributed by atoms with Gasteiger partial charge in [0.15, 0.2) is 0 Å². The summed E-state index contributed by atoms with van der Waals surface area (Å²) in [4.78, 5) is 12.1. The Bertz CT molecular complexity index is 658. The molecule has 0 aromatic heterocycles. The Morgan fingerprint density at radius 1 is 1.24 bits per heavy atom. The predicted octanol–water partition coefficient (Wildman–Crippen LogP) is 3.94. The lowest BCUT2D eigenvalue weighted by molar-refractivity contribution is 0.0940. The second kappa shape index (κ2) is 6.83. The molecule has 2 aromatic rings. The van der Waals surface area contributed by atoms with Crippen LogP contribution < -0.4 is 11.1 Å². The number of hydrogen-bond donors (Lipinski definition) is 2. The van der Waals surface area contributed by atoms with Crippen LogP contribution in [0.3, 0.4) is 0 Å². The smallest absolute Gasteiger partial charge is 0.251 e. The van der Waals surface area contributed by atoms with E-state index in [0.29, 0.717) is 27.7 Å². The third-order valence-corrected chi connectivity index (χ3v) is 3.63. The Morgan fingerprint density at radius 3 is 2.67 bits per heavy atom. The predicted molar refractivity (Wildman–Crippen MR) is 87.9 cm³/mol. The molecule has 0 saturated heterocycles. The van der Waals surface area contributed by atoms with E-state index in [1.54, 1.807) is 18.2 Å². The Hall–Kier alpha value is -1.71. The van der Waals surface area contributed by atoms with E-state index in [2.05, 4.69) is 5.32 Å². The third-order valence-electron chi connectivity index (χ3n) is 3.07. The third kappa shape index (κ3) is 4.38. The van der Waals surface area contributed by atoms with Crippen molar-refractivity contribution in [1.29, 1.82) is 0 Å². The van der Waals surface area contributed by atoms with Gasteiger partial charge in [0.1, 0.15) is 0 Å². The number of nitrogen functional groups attached to an aromatic ring is 1. The van der Waals surface area contributed by atoms with Gasteiger partial charge >= 0.3 is 0 Å². The van der Waals surface area contributed by atoms with E-state index in [1.165, 1.54) is 0 Å². The topological polar surface area (TPSA) is 55.1 Å². The Labute approximate surface area is 134 Å². The van der Waals surface area contributed by atoms with Crippen molar-refractivity contribution in [1.82, 2.24) is 5.32 Å². The summed E-state index contributed by atoms with van der Waals surface area (Å²) in [6.07, 6.45) is 0.703. The van der Waals surface area contributed by atoms with Crippen LogP contribution in [0.2, 0.25) is 10.0 Å². The summed E-state index contributed by atoms with van der Waals surface area (Å²) >= 11 is 11.9. The van der Waals surface area contributed by atoms with Crippen molar-refractivity contribution >= 4 is 34.8 Å². The molecule has 0 saturated carbocycles. The van der Waals surface area contributed by atoms with Gasteiger partial charge < -0.3 is 11.1 Å². The number of amides is 1. The van der Waals surface area contributed by atoms with E-state index in [-0.39, 0.29) is 11.9 Å². The highest BCUT2D eigenvalue weighted by atomic mass is 35.5. The molecule has 1 atom stereocenters. The molecule has 0 fully saturated rings. The van der Waals surface area contributed by atoms with Crippen molar-refractivity contribution in [2.45, 2.75) is 19.4 Å². The Kier molecular flexibility index (Phi) is 5.10. The van der Waals surface area contributed by atoms with Gasteiger partial charge in [-0.25, -0.2) is 0 Å². The molecular formula is C16H16Cl2N2O. The molecule has 0 aliphatic carbocycles. The number of carbonyl (C=O) groups is 1. The first-order chi connectivity index (χ1) is 9.95. The molecule has 5 heteroatoms. The van der Waals surface area contributed by atoms with Gasteiger partial charge in [0, 0.05) is 16.6 Å². The molecule has 3 N–H and O–H groups in total. The van der Waals surface area contributed by atoms with Gasteiger partial charge in [-0.05, 0) is 49.2 Å². The summed E-state index contributed by atoms with van der Waals surface area (Å²) in [5.74, 6) is -0.175. The maximum absolute atomic E-state index is 12.1. The van der Waals surface area contributed by atoms with Crippen LogP contribution in [0.1, 0.15) is 22.8 Å². The van der Waals surface area contributed by atoms with E-state index >= 15 is 0 Å². The molecule has 110 valence electrons. The fourth-order valence-electron chi connectivity index (χ4n) is 2.04. The molecular weight excluding hydrogens is 307 g/mol. The summed E-state index contributed by atoms with van der Waals surface area (Å²) in [6.45, 7) is 1.94. The lowest BCUT2D eigenvalue weighted by atomic mass is 10.1. The average molecular weight is 323 g/mol. The maximum Gasteiger partial charge on any atom is 0.251 e.